The predicted molar refractivity (Wildman–Crippen MR) is 118 cm³/mol. The number of amides is 1. The standard InChI is InChI=1S/C21H26N6O2S/c1-13-9-19-24-25-21(27(19)16(4)22-13)30-12-20(28)23-17-5-7-18(8-6-17)26-10-14(2)29-15(3)11-26/h5-9,14-15H,10-12H2,1-4H3,(H,23,28). The van der Waals surface area contributed by atoms with Gasteiger partial charge in [0.05, 0.1) is 18.0 Å². The zero-order chi connectivity index (χ0) is 21.3. The first-order chi connectivity index (χ1) is 14.4. The fourth-order valence-corrected chi connectivity index (χ4v) is 4.55. The van der Waals surface area contributed by atoms with E-state index in [1.165, 1.54) is 11.8 Å². The molecule has 1 aliphatic rings. The van der Waals surface area contributed by atoms with Crippen molar-refractivity contribution in [1.29, 1.82) is 0 Å². The summed E-state index contributed by atoms with van der Waals surface area (Å²) in [6, 6.07) is 9.83. The number of morpholine rings is 1. The van der Waals surface area contributed by atoms with Crippen LogP contribution >= 0.6 is 11.8 Å². The van der Waals surface area contributed by atoms with E-state index < -0.39 is 0 Å². The lowest BCUT2D eigenvalue weighted by molar-refractivity contribution is -0.113. The molecule has 8 nitrogen and oxygen atoms in total. The van der Waals surface area contributed by atoms with Gasteiger partial charge in [0.2, 0.25) is 5.91 Å². The minimum Gasteiger partial charge on any atom is -0.372 e. The van der Waals surface area contributed by atoms with Gasteiger partial charge in [0, 0.05) is 36.2 Å². The average molecular weight is 427 g/mol. The highest BCUT2D eigenvalue weighted by molar-refractivity contribution is 7.99. The number of rotatable bonds is 5. The highest BCUT2D eigenvalue weighted by Crippen LogP contribution is 2.23. The Morgan fingerprint density at radius 1 is 1.17 bits per heavy atom. The van der Waals surface area contributed by atoms with E-state index in [9.17, 15) is 4.79 Å². The number of fused-ring (bicyclic) bond motifs is 1. The van der Waals surface area contributed by atoms with Gasteiger partial charge in [-0.15, -0.1) is 10.2 Å². The van der Waals surface area contributed by atoms with Gasteiger partial charge in [-0.05, 0) is 52.0 Å². The second kappa shape index (κ2) is 8.61. The fraction of sp³-hybridized carbons (Fsp3) is 0.429. The molecule has 0 spiro atoms. The Bertz CT molecular complexity index is 1040. The van der Waals surface area contributed by atoms with E-state index in [2.05, 4.69) is 39.2 Å². The molecule has 2 unspecified atom stereocenters. The number of hydrogen-bond donors (Lipinski definition) is 1. The lowest BCUT2D eigenvalue weighted by atomic mass is 10.2. The van der Waals surface area contributed by atoms with Gasteiger partial charge in [-0.25, -0.2) is 4.98 Å². The monoisotopic (exact) mass is 426 g/mol. The lowest BCUT2D eigenvalue weighted by Gasteiger charge is -2.36. The maximum absolute atomic E-state index is 12.4. The number of anilines is 2. The first kappa shape index (κ1) is 20.6. The Labute approximate surface area is 180 Å². The number of ether oxygens (including phenoxy) is 1. The van der Waals surface area contributed by atoms with Gasteiger partial charge in [-0.2, -0.15) is 0 Å². The summed E-state index contributed by atoms with van der Waals surface area (Å²) in [5.74, 6) is 0.963. The number of aryl methyl sites for hydroxylation is 2. The number of hydrogen-bond acceptors (Lipinski definition) is 7. The molecule has 3 aromatic rings. The molecule has 158 valence electrons. The second-order valence-electron chi connectivity index (χ2n) is 7.67. The third-order valence-corrected chi connectivity index (χ3v) is 5.86. The van der Waals surface area contributed by atoms with E-state index in [1.807, 2.05) is 48.6 Å². The number of aromatic nitrogens is 4. The summed E-state index contributed by atoms with van der Waals surface area (Å²) in [7, 11) is 0. The van der Waals surface area contributed by atoms with Crippen molar-refractivity contribution < 1.29 is 9.53 Å². The van der Waals surface area contributed by atoms with Crippen molar-refractivity contribution in [2.45, 2.75) is 45.1 Å². The molecule has 2 atom stereocenters. The summed E-state index contributed by atoms with van der Waals surface area (Å²) >= 11 is 1.35. The van der Waals surface area contributed by atoms with Gasteiger partial charge in [0.15, 0.2) is 10.8 Å². The highest BCUT2D eigenvalue weighted by Gasteiger charge is 2.22. The first-order valence-electron chi connectivity index (χ1n) is 10.0. The van der Waals surface area contributed by atoms with Crippen molar-refractivity contribution in [2.24, 2.45) is 0 Å². The Morgan fingerprint density at radius 2 is 1.87 bits per heavy atom. The zero-order valence-electron chi connectivity index (χ0n) is 17.6. The summed E-state index contributed by atoms with van der Waals surface area (Å²) in [5.41, 5.74) is 3.55. The molecule has 1 N–H and O–H groups in total. The third kappa shape index (κ3) is 4.57. The van der Waals surface area contributed by atoms with Crippen LogP contribution in [0.2, 0.25) is 0 Å². The molecular formula is C21H26N6O2S. The summed E-state index contributed by atoms with van der Waals surface area (Å²) in [6.45, 7) is 9.75. The largest absolute Gasteiger partial charge is 0.372 e. The maximum atomic E-state index is 12.4. The summed E-state index contributed by atoms with van der Waals surface area (Å²) in [5, 5.41) is 12.0. The van der Waals surface area contributed by atoms with Crippen molar-refractivity contribution in [1.82, 2.24) is 19.6 Å². The van der Waals surface area contributed by atoms with Gasteiger partial charge >= 0.3 is 0 Å². The minimum atomic E-state index is -0.0872. The lowest BCUT2D eigenvalue weighted by Crippen LogP contribution is -2.45. The number of nitrogens with zero attached hydrogens (tertiary/aromatic N) is 5. The molecule has 0 bridgehead atoms. The van der Waals surface area contributed by atoms with Gasteiger partial charge in [0.25, 0.3) is 0 Å². The molecule has 2 aromatic heterocycles. The molecule has 1 amide bonds. The zero-order valence-corrected chi connectivity index (χ0v) is 18.4. The molecule has 1 fully saturated rings. The van der Waals surface area contributed by atoms with Crippen molar-refractivity contribution in [3.05, 3.63) is 41.9 Å². The molecule has 0 aliphatic carbocycles. The van der Waals surface area contributed by atoms with E-state index >= 15 is 0 Å². The molecule has 9 heteroatoms. The highest BCUT2D eigenvalue weighted by atomic mass is 32.2. The van der Waals surface area contributed by atoms with Crippen LogP contribution in [0, 0.1) is 13.8 Å². The van der Waals surface area contributed by atoms with E-state index in [1.54, 1.807) is 0 Å². The smallest absolute Gasteiger partial charge is 0.234 e. The maximum Gasteiger partial charge on any atom is 0.234 e. The summed E-state index contributed by atoms with van der Waals surface area (Å²) in [4.78, 5) is 19.2. The van der Waals surface area contributed by atoms with E-state index in [0.717, 1.165) is 41.6 Å². The van der Waals surface area contributed by atoms with Crippen LogP contribution < -0.4 is 10.2 Å². The Morgan fingerprint density at radius 3 is 2.57 bits per heavy atom. The molecule has 0 radical (unpaired) electrons. The fourth-order valence-electron chi connectivity index (χ4n) is 3.77. The normalized spacial score (nSPS) is 19.3. The van der Waals surface area contributed by atoms with Crippen LogP contribution in [-0.4, -0.2) is 56.5 Å². The molecule has 30 heavy (non-hydrogen) atoms. The molecule has 4 rings (SSSR count). The van der Waals surface area contributed by atoms with Gasteiger partial charge < -0.3 is 15.0 Å². The molecule has 1 aromatic carbocycles. The van der Waals surface area contributed by atoms with Crippen LogP contribution in [0.5, 0.6) is 0 Å². The molecule has 1 saturated heterocycles. The van der Waals surface area contributed by atoms with Crippen molar-refractivity contribution in [2.75, 3.05) is 29.1 Å². The van der Waals surface area contributed by atoms with Crippen LogP contribution in [0.25, 0.3) is 5.65 Å². The van der Waals surface area contributed by atoms with Gasteiger partial charge in [-0.1, -0.05) is 11.8 Å². The van der Waals surface area contributed by atoms with Crippen LogP contribution in [0.3, 0.4) is 0 Å². The van der Waals surface area contributed by atoms with Crippen LogP contribution in [0.1, 0.15) is 25.4 Å². The quantitative estimate of drug-likeness (QED) is 0.628. The Hall–Kier alpha value is -2.65. The minimum absolute atomic E-state index is 0.0872. The van der Waals surface area contributed by atoms with Gasteiger partial charge in [0.1, 0.15) is 5.82 Å². The Balaban J connectivity index is 1.35. The number of thioether (sulfide) groups is 1. The SMILES string of the molecule is Cc1cc2nnc(SCC(=O)Nc3ccc(N4CC(C)OC(C)C4)cc3)n2c(C)n1. The average Bonchev–Trinajstić information content (AvgIpc) is 3.09. The Kier molecular flexibility index (Phi) is 5.92. The number of carbonyl (C=O) groups is 1. The van der Waals surface area contributed by atoms with E-state index in [4.69, 9.17) is 4.74 Å². The topological polar surface area (TPSA) is 84.7 Å². The van der Waals surface area contributed by atoms with E-state index in [0.29, 0.717) is 5.16 Å². The molecular weight excluding hydrogens is 400 g/mol. The number of benzene rings is 1. The predicted octanol–water partition coefficient (Wildman–Crippen LogP) is 3.09. The number of carbonyl (C=O) groups excluding carboxylic acids is 1. The summed E-state index contributed by atoms with van der Waals surface area (Å²) in [6.07, 6.45) is 0.419. The van der Waals surface area contributed by atoms with Crippen LogP contribution in [0.4, 0.5) is 11.4 Å². The second-order valence-corrected chi connectivity index (χ2v) is 8.61. The van der Waals surface area contributed by atoms with Gasteiger partial charge in [-0.3, -0.25) is 9.20 Å². The molecule has 0 saturated carbocycles. The summed E-state index contributed by atoms with van der Waals surface area (Å²) < 4.78 is 7.66. The van der Waals surface area contributed by atoms with E-state index in [-0.39, 0.29) is 23.9 Å². The third-order valence-electron chi connectivity index (χ3n) is 4.93. The molecule has 1 aliphatic heterocycles. The molecule has 3 heterocycles. The van der Waals surface area contributed by atoms with Crippen molar-refractivity contribution in [3.63, 3.8) is 0 Å². The van der Waals surface area contributed by atoms with Crippen LogP contribution in [-0.2, 0) is 9.53 Å². The van der Waals surface area contributed by atoms with Crippen LogP contribution in [0.15, 0.2) is 35.5 Å². The number of nitrogens with one attached hydrogen (secondary N) is 1. The van der Waals surface area contributed by atoms with Crippen molar-refractivity contribution >= 4 is 34.7 Å². The van der Waals surface area contributed by atoms with Crippen molar-refractivity contribution in [3.8, 4) is 0 Å². The first-order valence-corrected chi connectivity index (χ1v) is 11.0.